The predicted molar refractivity (Wildman–Crippen MR) is 54.9 cm³/mol. The molecule has 0 atom stereocenters. The second-order valence-corrected chi connectivity index (χ2v) is 5.07. The third kappa shape index (κ3) is 0.836. The Bertz CT molecular complexity index is 433. The van der Waals surface area contributed by atoms with Gasteiger partial charge in [-0.05, 0) is 6.07 Å². The van der Waals surface area contributed by atoms with Crippen LogP contribution in [0.2, 0.25) is 0 Å². The molecule has 1 aliphatic rings. The van der Waals surface area contributed by atoms with Gasteiger partial charge in [0.1, 0.15) is 0 Å². The lowest BCUT2D eigenvalue weighted by molar-refractivity contribution is 1.16. The van der Waals surface area contributed by atoms with E-state index in [2.05, 4.69) is 29.2 Å². The lowest BCUT2D eigenvalue weighted by atomic mass is 10.2. The number of rotatable bonds is 0. The summed E-state index contributed by atoms with van der Waals surface area (Å²) in [5.41, 5.74) is 1.27. The fourth-order valence-electron chi connectivity index (χ4n) is 1.48. The predicted octanol–water partition coefficient (Wildman–Crippen LogP) is 3.32. The van der Waals surface area contributed by atoms with Crippen molar-refractivity contribution in [1.29, 1.82) is 0 Å². The van der Waals surface area contributed by atoms with Gasteiger partial charge < -0.3 is 4.98 Å². The fraction of sp³-hybridized carbons (Fsp3) is 0.111. The molecule has 0 spiro atoms. The van der Waals surface area contributed by atoms with Gasteiger partial charge in [0.05, 0.1) is 10.1 Å². The van der Waals surface area contributed by atoms with Crippen molar-refractivity contribution in [2.75, 3.05) is 5.08 Å². The van der Waals surface area contributed by atoms with Gasteiger partial charge >= 0.3 is 0 Å². The molecule has 1 aromatic carbocycles. The molecule has 2 heterocycles. The maximum atomic E-state index is 3.42. The number of nitrogens with one attached hydrogen (secondary N) is 1. The molecule has 0 radical (unpaired) electrons. The Morgan fingerprint density at radius 1 is 1.17 bits per heavy atom. The Kier molecular flexibility index (Phi) is 1.43. The number of aromatic nitrogens is 1. The van der Waals surface area contributed by atoms with Gasteiger partial charge in [-0.3, -0.25) is 0 Å². The van der Waals surface area contributed by atoms with Crippen molar-refractivity contribution < 1.29 is 0 Å². The first-order chi connectivity index (χ1) is 5.95. The van der Waals surface area contributed by atoms with E-state index in [1.54, 1.807) is 0 Å². The average Bonchev–Trinajstić information content (AvgIpc) is 2.62. The third-order valence-corrected chi connectivity index (χ3v) is 4.41. The Morgan fingerprint density at radius 2 is 2.08 bits per heavy atom. The molecule has 0 fully saturated rings. The van der Waals surface area contributed by atoms with Crippen LogP contribution in [0.3, 0.4) is 0 Å². The smallest absolute Gasteiger partial charge is 0.0879 e. The minimum Gasteiger partial charge on any atom is -0.349 e. The molecule has 3 rings (SSSR count). The maximum Gasteiger partial charge on any atom is 0.0879 e. The van der Waals surface area contributed by atoms with Crippen LogP contribution in [0.25, 0.3) is 10.9 Å². The topological polar surface area (TPSA) is 15.8 Å². The van der Waals surface area contributed by atoms with Crippen LogP contribution >= 0.6 is 23.5 Å². The van der Waals surface area contributed by atoms with Gasteiger partial charge in [0.15, 0.2) is 0 Å². The van der Waals surface area contributed by atoms with Gasteiger partial charge in [0.25, 0.3) is 0 Å². The van der Waals surface area contributed by atoms with Crippen molar-refractivity contribution in [3.63, 3.8) is 0 Å². The number of aromatic amines is 1. The zero-order valence-electron chi connectivity index (χ0n) is 6.33. The molecule has 12 heavy (non-hydrogen) atoms. The van der Waals surface area contributed by atoms with Crippen LogP contribution < -0.4 is 0 Å². The van der Waals surface area contributed by atoms with Crippen LogP contribution in [0.5, 0.6) is 0 Å². The third-order valence-electron chi connectivity index (χ3n) is 2.03. The molecule has 0 saturated heterocycles. The van der Waals surface area contributed by atoms with Gasteiger partial charge in [0.2, 0.25) is 0 Å². The van der Waals surface area contributed by atoms with Gasteiger partial charge in [0, 0.05) is 15.8 Å². The summed E-state index contributed by atoms with van der Waals surface area (Å²) in [5.74, 6) is 0. The monoisotopic (exact) mass is 193 g/mol. The number of hydrogen-bond donors (Lipinski definition) is 1. The normalized spacial score (nSPS) is 15.3. The van der Waals surface area contributed by atoms with Crippen molar-refractivity contribution in [1.82, 2.24) is 4.98 Å². The van der Waals surface area contributed by atoms with Crippen molar-refractivity contribution in [2.45, 2.75) is 9.92 Å². The van der Waals surface area contributed by atoms with Crippen molar-refractivity contribution in [2.24, 2.45) is 0 Å². The van der Waals surface area contributed by atoms with E-state index in [-0.39, 0.29) is 0 Å². The van der Waals surface area contributed by atoms with E-state index in [1.165, 1.54) is 20.8 Å². The first-order valence-corrected chi connectivity index (χ1v) is 5.78. The summed E-state index contributed by atoms with van der Waals surface area (Å²) < 4.78 is 0. The Hall–Kier alpha value is -0.540. The highest BCUT2D eigenvalue weighted by Gasteiger charge is 2.17. The molecule has 1 nitrogen and oxygen atoms in total. The van der Waals surface area contributed by atoms with Crippen LogP contribution in [-0.4, -0.2) is 10.1 Å². The second-order valence-electron chi connectivity index (χ2n) is 2.74. The Balaban J connectivity index is 2.44. The zero-order valence-corrected chi connectivity index (χ0v) is 7.97. The second kappa shape index (κ2) is 2.47. The fourth-order valence-corrected chi connectivity index (χ4v) is 3.95. The maximum absolute atomic E-state index is 3.42. The molecule has 60 valence electrons. The quantitative estimate of drug-likeness (QED) is 0.690. The van der Waals surface area contributed by atoms with Crippen LogP contribution in [0, 0.1) is 0 Å². The van der Waals surface area contributed by atoms with Gasteiger partial charge in [-0.15, -0.1) is 11.8 Å². The highest BCUT2D eigenvalue weighted by molar-refractivity contribution is 8.18. The lowest BCUT2D eigenvalue weighted by Gasteiger charge is -1.90. The standard InChI is InChI=1S/C9H7NS2/c1-2-4-7-6(3-1)8-9(10-7)12-5-11-8/h1-4,10H,5H2. The van der Waals surface area contributed by atoms with E-state index in [9.17, 15) is 0 Å². The molecule has 0 bridgehead atoms. The number of fused-ring (bicyclic) bond motifs is 3. The Morgan fingerprint density at radius 3 is 3.08 bits per heavy atom. The first kappa shape index (κ1) is 6.92. The largest absolute Gasteiger partial charge is 0.349 e. The zero-order chi connectivity index (χ0) is 7.97. The molecule has 1 aliphatic heterocycles. The van der Waals surface area contributed by atoms with Crippen LogP contribution in [0.1, 0.15) is 0 Å². The van der Waals surface area contributed by atoms with Gasteiger partial charge in [-0.25, -0.2) is 0 Å². The van der Waals surface area contributed by atoms with Gasteiger partial charge in [-0.2, -0.15) is 0 Å². The van der Waals surface area contributed by atoms with Gasteiger partial charge in [-0.1, -0.05) is 30.0 Å². The molecule has 1 aromatic heterocycles. The number of thioether (sulfide) groups is 2. The molecule has 1 N–H and O–H groups in total. The molecule has 3 heteroatoms. The Labute approximate surface area is 78.9 Å². The van der Waals surface area contributed by atoms with E-state index in [0.717, 1.165) is 5.08 Å². The molecular formula is C9H7NS2. The molecule has 2 aromatic rings. The molecule has 0 unspecified atom stereocenters. The highest BCUT2D eigenvalue weighted by Crippen LogP contribution is 2.45. The summed E-state index contributed by atoms with van der Waals surface area (Å²) in [5, 5.41) is 3.88. The summed E-state index contributed by atoms with van der Waals surface area (Å²) in [6, 6.07) is 8.49. The van der Waals surface area contributed by atoms with Crippen LogP contribution in [0.15, 0.2) is 34.2 Å². The molecule has 0 aliphatic carbocycles. The number of benzene rings is 1. The summed E-state index contributed by atoms with van der Waals surface area (Å²) in [4.78, 5) is 4.86. The van der Waals surface area contributed by atoms with Crippen molar-refractivity contribution in [3.05, 3.63) is 24.3 Å². The van der Waals surface area contributed by atoms with Crippen molar-refractivity contribution in [3.8, 4) is 0 Å². The van der Waals surface area contributed by atoms with E-state index in [4.69, 9.17) is 0 Å². The summed E-state index contributed by atoms with van der Waals surface area (Å²) in [6.45, 7) is 0. The first-order valence-electron chi connectivity index (χ1n) is 3.81. The van der Waals surface area contributed by atoms with Crippen LogP contribution in [0.4, 0.5) is 0 Å². The van der Waals surface area contributed by atoms with E-state index < -0.39 is 0 Å². The summed E-state index contributed by atoms with van der Waals surface area (Å²) in [7, 11) is 0. The summed E-state index contributed by atoms with van der Waals surface area (Å²) in [6.07, 6.45) is 0. The summed E-state index contributed by atoms with van der Waals surface area (Å²) >= 11 is 3.84. The molecule has 0 saturated carbocycles. The lowest BCUT2D eigenvalue weighted by Crippen LogP contribution is -1.67. The highest BCUT2D eigenvalue weighted by atomic mass is 32.2. The number of para-hydroxylation sites is 1. The minimum absolute atomic E-state index is 1.16. The molecule has 0 amide bonds. The van der Waals surface area contributed by atoms with E-state index >= 15 is 0 Å². The van der Waals surface area contributed by atoms with E-state index in [0.29, 0.717) is 0 Å². The average molecular weight is 193 g/mol. The van der Waals surface area contributed by atoms with E-state index in [1.807, 2.05) is 23.5 Å². The minimum atomic E-state index is 1.16. The van der Waals surface area contributed by atoms with Crippen LogP contribution in [-0.2, 0) is 0 Å². The SMILES string of the molecule is c1ccc2c3c([nH]c2c1)SCS3. The molecular weight excluding hydrogens is 186 g/mol. The number of H-pyrrole nitrogens is 1. The number of hydrogen-bond acceptors (Lipinski definition) is 2. The van der Waals surface area contributed by atoms with Crippen molar-refractivity contribution >= 4 is 34.4 Å².